The number of nitrogens with zero attached hydrogens (tertiary/aromatic N) is 3. The summed E-state index contributed by atoms with van der Waals surface area (Å²) in [6.07, 6.45) is 1.40. The van der Waals surface area contributed by atoms with Gasteiger partial charge in [-0.15, -0.1) is 0 Å². The fourth-order valence-electron chi connectivity index (χ4n) is 1.60. The number of carboxylic acids is 1. The molecule has 2 heterocycles. The van der Waals surface area contributed by atoms with Gasteiger partial charge in [0, 0.05) is 19.2 Å². The number of carboxylic acid groups (broad SMARTS) is 1. The van der Waals surface area contributed by atoms with Crippen LogP contribution < -0.4 is 4.90 Å². The average molecular weight is 321 g/mol. The monoisotopic (exact) mass is 319 g/mol. The van der Waals surface area contributed by atoms with Crippen LogP contribution in [0.25, 0.3) is 0 Å². The highest BCUT2D eigenvalue weighted by molar-refractivity contribution is 9.10. The van der Waals surface area contributed by atoms with Gasteiger partial charge in [-0.1, -0.05) is 0 Å². The molecule has 0 radical (unpaired) electrons. The molecular formula is C9H7BrClN3O3. The third-order valence-corrected chi connectivity index (χ3v) is 3.17. The molecule has 1 aromatic heterocycles. The minimum Gasteiger partial charge on any atom is -0.481 e. The van der Waals surface area contributed by atoms with Crippen molar-refractivity contribution in [2.24, 2.45) is 5.92 Å². The zero-order valence-corrected chi connectivity index (χ0v) is 10.8. The van der Waals surface area contributed by atoms with Gasteiger partial charge in [-0.2, -0.15) is 4.98 Å². The van der Waals surface area contributed by atoms with Crippen molar-refractivity contribution in [2.75, 3.05) is 11.4 Å². The Bertz CT molecular complexity index is 496. The molecule has 8 heteroatoms. The number of hydrogen-bond donors (Lipinski definition) is 1. The zero-order chi connectivity index (χ0) is 12.6. The van der Waals surface area contributed by atoms with E-state index in [-0.39, 0.29) is 24.2 Å². The fraction of sp³-hybridized carbons (Fsp3) is 0.333. The maximum absolute atomic E-state index is 11.7. The van der Waals surface area contributed by atoms with E-state index in [1.807, 2.05) is 0 Å². The van der Waals surface area contributed by atoms with Gasteiger partial charge in [-0.3, -0.25) is 14.5 Å². The van der Waals surface area contributed by atoms with Crippen LogP contribution in [0.2, 0.25) is 5.28 Å². The number of carbonyl (C=O) groups excluding carboxylic acids is 1. The lowest BCUT2D eigenvalue weighted by Crippen LogP contribution is -2.27. The van der Waals surface area contributed by atoms with Gasteiger partial charge >= 0.3 is 5.97 Å². The van der Waals surface area contributed by atoms with Gasteiger partial charge in [-0.25, -0.2) is 4.98 Å². The number of rotatable bonds is 2. The second-order valence-corrected chi connectivity index (χ2v) is 4.75. The predicted molar refractivity (Wildman–Crippen MR) is 62.8 cm³/mol. The van der Waals surface area contributed by atoms with Crippen molar-refractivity contribution in [1.29, 1.82) is 0 Å². The summed E-state index contributed by atoms with van der Waals surface area (Å²) in [6.45, 7) is 0.0973. The Morgan fingerprint density at radius 2 is 2.35 bits per heavy atom. The van der Waals surface area contributed by atoms with Gasteiger partial charge in [0.2, 0.25) is 11.2 Å². The summed E-state index contributed by atoms with van der Waals surface area (Å²) >= 11 is 8.84. The van der Waals surface area contributed by atoms with Crippen LogP contribution in [-0.2, 0) is 9.59 Å². The van der Waals surface area contributed by atoms with E-state index in [1.165, 1.54) is 11.1 Å². The van der Waals surface area contributed by atoms with Crippen molar-refractivity contribution in [2.45, 2.75) is 6.42 Å². The Kier molecular flexibility index (Phi) is 3.30. The molecular weight excluding hydrogens is 313 g/mol. The number of halogens is 2. The summed E-state index contributed by atoms with van der Waals surface area (Å²) in [7, 11) is 0. The standard InChI is InChI=1S/C9H7BrClN3O3/c10-5-2-12-9(11)13-7(5)14-3-4(8(16)17)1-6(14)15/h2,4H,1,3H2,(H,16,17). The molecule has 1 aliphatic rings. The van der Waals surface area contributed by atoms with Crippen molar-refractivity contribution in [3.63, 3.8) is 0 Å². The molecule has 0 aromatic carbocycles. The van der Waals surface area contributed by atoms with Gasteiger partial charge in [0.25, 0.3) is 0 Å². The van der Waals surface area contributed by atoms with Crippen LogP contribution in [0.3, 0.4) is 0 Å². The summed E-state index contributed by atoms with van der Waals surface area (Å²) in [6, 6.07) is 0. The summed E-state index contributed by atoms with van der Waals surface area (Å²) < 4.78 is 0.501. The van der Waals surface area contributed by atoms with E-state index < -0.39 is 11.9 Å². The molecule has 0 bridgehead atoms. The Balaban J connectivity index is 2.32. The van der Waals surface area contributed by atoms with Crippen molar-refractivity contribution in [1.82, 2.24) is 9.97 Å². The first-order valence-electron chi connectivity index (χ1n) is 4.70. The first-order chi connectivity index (χ1) is 7.99. The van der Waals surface area contributed by atoms with E-state index in [0.717, 1.165) is 0 Å². The molecule has 6 nitrogen and oxygen atoms in total. The molecule has 1 amide bonds. The quantitative estimate of drug-likeness (QED) is 0.831. The van der Waals surface area contributed by atoms with E-state index in [4.69, 9.17) is 16.7 Å². The molecule has 17 heavy (non-hydrogen) atoms. The summed E-state index contributed by atoms with van der Waals surface area (Å²) in [5.74, 6) is -1.67. The molecule has 1 aromatic rings. The summed E-state index contributed by atoms with van der Waals surface area (Å²) in [5.41, 5.74) is 0. The Labute approximate surface area is 110 Å². The lowest BCUT2D eigenvalue weighted by atomic mass is 10.1. The maximum atomic E-state index is 11.7. The van der Waals surface area contributed by atoms with E-state index in [1.54, 1.807) is 0 Å². The highest BCUT2D eigenvalue weighted by Crippen LogP contribution is 2.30. The summed E-state index contributed by atoms with van der Waals surface area (Å²) in [4.78, 5) is 31.5. The van der Waals surface area contributed by atoms with E-state index >= 15 is 0 Å². The molecule has 1 atom stereocenters. The van der Waals surface area contributed by atoms with Crippen LogP contribution in [-0.4, -0.2) is 33.5 Å². The van der Waals surface area contributed by atoms with Crippen LogP contribution in [0.1, 0.15) is 6.42 Å². The van der Waals surface area contributed by atoms with Gasteiger partial charge in [0.05, 0.1) is 10.4 Å². The Morgan fingerprint density at radius 3 is 2.94 bits per heavy atom. The normalized spacial score (nSPS) is 19.8. The molecule has 1 aliphatic heterocycles. The van der Waals surface area contributed by atoms with Crippen LogP contribution in [0.5, 0.6) is 0 Å². The van der Waals surface area contributed by atoms with Gasteiger partial charge in [0.15, 0.2) is 5.82 Å². The van der Waals surface area contributed by atoms with Gasteiger partial charge in [0.1, 0.15) is 0 Å². The largest absolute Gasteiger partial charge is 0.481 e. The number of amides is 1. The molecule has 2 rings (SSSR count). The molecule has 1 fully saturated rings. The van der Waals surface area contributed by atoms with Crippen molar-refractivity contribution >= 4 is 45.2 Å². The second kappa shape index (κ2) is 4.58. The topological polar surface area (TPSA) is 83.4 Å². The number of aliphatic carboxylic acids is 1. The van der Waals surface area contributed by atoms with Crippen molar-refractivity contribution in [3.8, 4) is 0 Å². The number of aromatic nitrogens is 2. The van der Waals surface area contributed by atoms with Crippen LogP contribution in [0.15, 0.2) is 10.7 Å². The van der Waals surface area contributed by atoms with E-state index in [2.05, 4.69) is 25.9 Å². The molecule has 0 aliphatic carbocycles. The van der Waals surface area contributed by atoms with Gasteiger partial charge in [-0.05, 0) is 27.5 Å². The van der Waals surface area contributed by atoms with Crippen LogP contribution in [0, 0.1) is 5.92 Å². The third-order valence-electron chi connectivity index (χ3n) is 2.43. The van der Waals surface area contributed by atoms with Crippen molar-refractivity contribution in [3.05, 3.63) is 16.0 Å². The van der Waals surface area contributed by atoms with Crippen LogP contribution >= 0.6 is 27.5 Å². The molecule has 1 unspecified atom stereocenters. The lowest BCUT2D eigenvalue weighted by molar-refractivity contribution is -0.141. The SMILES string of the molecule is O=C(O)C1CC(=O)N(c2nc(Cl)ncc2Br)C1. The minimum atomic E-state index is -0.989. The third kappa shape index (κ3) is 2.39. The predicted octanol–water partition coefficient (Wildman–Crippen LogP) is 1.33. The Morgan fingerprint density at radius 1 is 1.65 bits per heavy atom. The maximum Gasteiger partial charge on any atom is 0.308 e. The number of hydrogen-bond acceptors (Lipinski definition) is 4. The lowest BCUT2D eigenvalue weighted by Gasteiger charge is -2.16. The molecule has 1 N–H and O–H groups in total. The highest BCUT2D eigenvalue weighted by Gasteiger charge is 2.36. The van der Waals surface area contributed by atoms with Crippen LogP contribution in [0.4, 0.5) is 5.82 Å². The minimum absolute atomic E-state index is 0.00905. The average Bonchev–Trinajstić information content (AvgIpc) is 2.64. The first kappa shape index (κ1) is 12.3. The molecule has 0 spiro atoms. The first-order valence-corrected chi connectivity index (χ1v) is 5.87. The smallest absolute Gasteiger partial charge is 0.308 e. The molecule has 90 valence electrons. The van der Waals surface area contributed by atoms with Crippen molar-refractivity contribution < 1.29 is 14.7 Å². The van der Waals surface area contributed by atoms with Gasteiger partial charge < -0.3 is 5.11 Å². The highest BCUT2D eigenvalue weighted by atomic mass is 79.9. The van der Waals surface area contributed by atoms with E-state index in [0.29, 0.717) is 10.3 Å². The molecule has 0 saturated carbocycles. The van der Waals surface area contributed by atoms with E-state index in [9.17, 15) is 9.59 Å². The molecule has 1 saturated heterocycles. The fourth-order valence-corrected chi connectivity index (χ4v) is 2.14. The second-order valence-electron chi connectivity index (χ2n) is 3.55. The summed E-state index contributed by atoms with van der Waals surface area (Å²) in [5, 5.41) is 8.88. The number of carbonyl (C=O) groups is 2. The number of anilines is 1. The zero-order valence-electron chi connectivity index (χ0n) is 8.43. The Hall–Kier alpha value is -1.21.